The van der Waals surface area contributed by atoms with Gasteiger partial charge in [-0.15, -0.1) is 0 Å². The lowest BCUT2D eigenvalue weighted by molar-refractivity contribution is -0.161. The van der Waals surface area contributed by atoms with Gasteiger partial charge < -0.3 is 14.4 Å². The molecule has 0 radical (unpaired) electrons. The fourth-order valence-electron chi connectivity index (χ4n) is 3.34. The van der Waals surface area contributed by atoms with Gasteiger partial charge in [0.05, 0.1) is 24.3 Å². The van der Waals surface area contributed by atoms with Crippen LogP contribution in [0.2, 0.25) is 0 Å². The largest absolute Gasteiger partial charge is 0.453 e. The van der Waals surface area contributed by atoms with E-state index in [1.54, 1.807) is 30.0 Å². The number of rotatable bonds is 6. The summed E-state index contributed by atoms with van der Waals surface area (Å²) in [5, 5.41) is 0. The van der Waals surface area contributed by atoms with Gasteiger partial charge in [0, 0.05) is 26.1 Å². The Morgan fingerprint density at radius 3 is 2.54 bits per heavy atom. The van der Waals surface area contributed by atoms with Gasteiger partial charge >= 0.3 is 5.97 Å². The Hall–Kier alpha value is -2.74. The standard InChI is InChI=1S/C20H24N2O6/c1-13-5-6-15-16(12-13)20(26)22(19(15)25)7-3-4-17(23)28-14(2)18(24)21-8-10-27-11-9-21/h5-6,12,14H,3-4,7-11H2,1-2H3. The number of fused-ring (bicyclic) bond motifs is 1. The van der Waals surface area contributed by atoms with Crippen LogP contribution >= 0.6 is 0 Å². The summed E-state index contributed by atoms with van der Waals surface area (Å²) < 4.78 is 10.4. The molecule has 3 amide bonds. The highest BCUT2D eigenvalue weighted by atomic mass is 16.5. The SMILES string of the molecule is Cc1ccc2c(c1)C(=O)N(CCCC(=O)OC(C)C(=O)N1CCOCC1)C2=O. The molecular formula is C20H24N2O6. The Labute approximate surface area is 163 Å². The topological polar surface area (TPSA) is 93.2 Å². The summed E-state index contributed by atoms with van der Waals surface area (Å²) in [6.07, 6.45) is -0.567. The molecule has 0 bridgehead atoms. The molecule has 1 aromatic rings. The third-order valence-corrected chi connectivity index (χ3v) is 4.87. The van der Waals surface area contributed by atoms with Crippen molar-refractivity contribution in [3.8, 4) is 0 Å². The minimum absolute atomic E-state index is 0.0210. The molecule has 0 spiro atoms. The van der Waals surface area contributed by atoms with Crippen LogP contribution in [0.3, 0.4) is 0 Å². The van der Waals surface area contributed by atoms with E-state index in [9.17, 15) is 19.2 Å². The normalized spacial score (nSPS) is 17.5. The molecule has 1 atom stereocenters. The minimum Gasteiger partial charge on any atom is -0.453 e. The predicted molar refractivity (Wildman–Crippen MR) is 98.7 cm³/mol. The second-order valence-corrected chi connectivity index (χ2v) is 6.98. The molecule has 150 valence electrons. The molecule has 0 N–H and O–H groups in total. The monoisotopic (exact) mass is 388 g/mol. The highest BCUT2D eigenvalue weighted by molar-refractivity contribution is 6.21. The van der Waals surface area contributed by atoms with Crippen molar-refractivity contribution >= 4 is 23.7 Å². The van der Waals surface area contributed by atoms with E-state index < -0.39 is 12.1 Å². The number of ether oxygens (including phenoxy) is 2. The zero-order chi connectivity index (χ0) is 20.3. The molecule has 0 aliphatic carbocycles. The lowest BCUT2D eigenvalue weighted by Crippen LogP contribution is -2.46. The van der Waals surface area contributed by atoms with E-state index in [1.165, 1.54) is 0 Å². The van der Waals surface area contributed by atoms with E-state index in [0.717, 1.165) is 10.5 Å². The average molecular weight is 388 g/mol. The van der Waals surface area contributed by atoms with Gasteiger partial charge in [0.25, 0.3) is 17.7 Å². The van der Waals surface area contributed by atoms with Crippen molar-refractivity contribution in [1.82, 2.24) is 9.80 Å². The molecule has 1 unspecified atom stereocenters. The van der Waals surface area contributed by atoms with Gasteiger partial charge in [-0.05, 0) is 32.4 Å². The first-order valence-corrected chi connectivity index (χ1v) is 9.41. The number of amides is 3. The van der Waals surface area contributed by atoms with Crippen molar-refractivity contribution in [2.24, 2.45) is 0 Å². The zero-order valence-electron chi connectivity index (χ0n) is 16.1. The first-order chi connectivity index (χ1) is 13.4. The van der Waals surface area contributed by atoms with Crippen LogP contribution in [0, 0.1) is 6.92 Å². The first kappa shape index (κ1) is 20.0. The number of benzene rings is 1. The number of hydrogen-bond donors (Lipinski definition) is 0. The number of esters is 1. The molecular weight excluding hydrogens is 364 g/mol. The van der Waals surface area contributed by atoms with Crippen LogP contribution in [0.5, 0.6) is 0 Å². The number of imide groups is 1. The average Bonchev–Trinajstić information content (AvgIpc) is 2.92. The van der Waals surface area contributed by atoms with Crippen molar-refractivity contribution in [2.75, 3.05) is 32.8 Å². The highest BCUT2D eigenvalue weighted by Crippen LogP contribution is 2.24. The van der Waals surface area contributed by atoms with E-state index in [0.29, 0.717) is 37.4 Å². The van der Waals surface area contributed by atoms with E-state index in [1.807, 2.05) is 6.92 Å². The van der Waals surface area contributed by atoms with Crippen molar-refractivity contribution in [2.45, 2.75) is 32.8 Å². The quantitative estimate of drug-likeness (QED) is 0.536. The summed E-state index contributed by atoms with van der Waals surface area (Å²) in [5.74, 6) is -1.45. The number of carbonyl (C=O) groups excluding carboxylic acids is 4. The number of hydrogen-bond acceptors (Lipinski definition) is 6. The summed E-state index contributed by atoms with van der Waals surface area (Å²) in [4.78, 5) is 51.8. The molecule has 3 rings (SSSR count). The second kappa shape index (κ2) is 8.52. The maximum atomic E-state index is 12.4. The van der Waals surface area contributed by atoms with E-state index in [2.05, 4.69) is 0 Å². The molecule has 8 nitrogen and oxygen atoms in total. The molecule has 2 aliphatic heterocycles. The van der Waals surface area contributed by atoms with Gasteiger partial charge in [-0.2, -0.15) is 0 Å². The molecule has 28 heavy (non-hydrogen) atoms. The lowest BCUT2D eigenvalue weighted by atomic mass is 10.1. The number of aryl methyl sites for hydroxylation is 1. The van der Waals surface area contributed by atoms with E-state index >= 15 is 0 Å². The molecule has 1 saturated heterocycles. The van der Waals surface area contributed by atoms with Gasteiger partial charge in [0.1, 0.15) is 0 Å². The van der Waals surface area contributed by atoms with Crippen molar-refractivity contribution in [3.05, 3.63) is 34.9 Å². The molecule has 2 aliphatic rings. The highest BCUT2D eigenvalue weighted by Gasteiger charge is 2.35. The van der Waals surface area contributed by atoms with Gasteiger partial charge in [0.2, 0.25) is 0 Å². The van der Waals surface area contributed by atoms with Crippen LogP contribution in [0.1, 0.15) is 46.0 Å². The molecule has 1 fully saturated rings. The molecule has 1 aromatic carbocycles. The maximum absolute atomic E-state index is 12.4. The Bertz CT molecular complexity index is 800. The number of morpholine rings is 1. The first-order valence-electron chi connectivity index (χ1n) is 9.41. The summed E-state index contributed by atoms with van der Waals surface area (Å²) in [6, 6.07) is 5.14. The van der Waals surface area contributed by atoms with Gasteiger partial charge in [-0.3, -0.25) is 24.1 Å². The summed E-state index contributed by atoms with van der Waals surface area (Å²) >= 11 is 0. The van der Waals surface area contributed by atoms with Gasteiger partial charge in [-0.25, -0.2) is 0 Å². The van der Waals surface area contributed by atoms with Crippen LogP contribution in [-0.4, -0.2) is 72.4 Å². The Morgan fingerprint density at radius 2 is 1.82 bits per heavy atom. The summed E-state index contributed by atoms with van der Waals surface area (Å²) in [5.41, 5.74) is 1.70. The minimum atomic E-state index is -0.868. The van der Waals surface area contributed by atoms with Gasteiger partial charge in [0.15, 0.2) is 6.10 Å². The third kappa shape index (κ3) is 4.22. The van der Waals surface area contributed by atoms with Gasteiger partial charge in [-0.1, -0.05) is 11.6 Å². The number of carbonyl (C=O) groups is 4. The van der Waals surface area contributed by atoms with E-state index in [4.69, 9.17) is 9.47 Å². The molecule has 2 heterocycles. The summed E-state index contributed by atoms with van der Waals surface area (Å²) in [7, 11) is 0. The Kier molecular flexibility index (Phi) is 6.08. The van der Waals surface area contributed by atoms with E-state index in [-0.39, 0.29) is 37.1 Å². The summed E-state index contributed by atoms with van der Waals surface area (Å²) in [6.45, 7) is 5.46. The number of nitrogens with zero attached hydrogens (tertiary/aromatic N) is 2. The van der Waals surface area contributed by atoms with Crippen LogP contribution in [0.4, 0.5) is 0 Å². The van der Waals surface area contributed by atoms with Crippen molar-refractivity contribution < 1.29 is 28.7 Å². The van der Waals surface area contributed by atoms with Crippen molar-refractivity contribution in [1.29, 1.82) is 0 Å². The molecule has 0 saturated carbocycles. The molecule has 0 aromatic heterocycles. The lowest BCUT2D eigenvalue weighted by Gasteiger charge is -2.29. The van der Waals surface area contributed by atoms with Crippen LogP contribution in [0.25, 0.3) is 0 Å². The smallest absolute Gasteiger partial charge is 0.306 e. The Morgan fingerprint density at radius 1 is 1.14 bits per heavy atom. The van der Waals surface area contributed by atoms with Crippen molar-refractivity contribution in [3.63, 3.8) is 0 Å². The predicted octanol–water partition coefficient (Wildman–Crippen LogP) is 1.16. The Balaban J connectivity index is 1.46. The maximum Gasteiger partial charge on any atom is 0.306 e. The third-order valence-electron chi connectivity index (χ3n) is 4.87. The van der Waals surface area contributed by atoms with Crippen LogP contribution in [-0.2, 0) is 19.1 Å². The van der Waals surface area contributed by atoms with Crippen LogP contribution < -0.4 is 0 Å². The van der Waals surface area contributed by atoms with Crippen LogP contribution in [0.15, 0.2) is 18.2 Å². The molecule has 8 heteroatoms. The fraction of sp³-hybridized carbons (Fsp3) is 0.500. The fourth-order valence-corrected chi connectivity index (χ4v) is 3.34. The second-order valence-electron chi connectivity index (χ2n) is 6.98. The zero-order valence-corrected chi connectivity index (χ0v) is 16.1.